The molecule has 0 saturated carbocycles. The van der Waals surface area contributed by atoms with Crippen molar-refractivity contribution in [1.29, 1.82) is 0 Å². The molecule has 78 valence electrons. The zero-order valence-electron chi connectivity index (χ0n) is 6.67. The summed E-state index contributed by atoms with van der Waals surface area (Å²) in [7, 11) is 0. The Morgan fingerprint density at radius 1 is 1.71 bits per heavy atom. The molecule has 9 nitrogen and oxygen atoms in total. The molecule has 6 N–H and O–H groups in total. The second-order valence-corrected chi connectivity index (χ2v) is 3.62. The number of amidine groups is 1. The molecule has 1 heterocycles. The summed E-state index contributed by atoms with van der Waals surface area (Å²) < 4.78 is 21.4. The number of nitrogens with zero attached hydrogens (tertiary/aromatic N) is 1. The molecule has 10 heteroatoms. The van der Waals surface area contributed by atoms with Crippen molar-refractivity contribution in [2.75, 3.05) is 0 Å². The van der Waals surface area contributed by atoms with E-state index >= 15 is 0 Å². The van der Waals surface area contributed by atoms with E-state index in [1.165, 1.54) is 0 Å². The Bertz CT molecular complexity index is 291. The molecule has 0 aliphatic carbocycles. The third kappa shape index (κ3) is 2.87. The van der Waals surface area contributed by atoms with Crippen LogP contribution in [0.5, 0.6) is 0 Å². The number of hydrogen-bond acceptors (Lipinski definition) is 6. The van der Waals surface area contributed by atoms with Crippen molar-refractivity contribution < 1.29 is 21.5 Å². The van der Waals surface area contributed by atoms with Crippen molar-refractivity contribution >= 4 is 33.6 Å². The Kier molecular flexibility index (Phi) is 3.28. The van der Waals surface area contributed by atoms with Gasteiger partial charge in [0.1, 0.15) is 0 Å². The van der Waals surface area contributed by atoms with Crippen LogP contribution in [0.3, 0.4) is 0 Å². The predicted molar refractivity (Wildman–Crippen MR) is 43.4 cm³/mol. The number of urea groups is 1. The van der Waals surface area contributed by atoms with Crippen molar-refractivity contribution in [1.82, 2.24) is 10.6 Å². The number of carbonyl (C=O) groups excluding carboxylic acids is 2. The fourth-order valence-corrected chi connectivity index (χ4v) is 1.26. The van der Waals surface area contributed by atoms with Crippen LogP contribution in [0.1, 0.15) is 0 Å². The molecule has 1 rings (SSSR count). The quantitative estimate of drug-likeness (QED) is 0.328. The van der Waals surface area contributed by atoms with Gasteiger partial charge in [0.15, 0.2) is 0 Å². The Morgan fingerprint density at radius 3 is 2.86 bits per heavy atom. The van der Waals surface area contributed by atoms with Gasteiger partial charge in [-0.15, -0.1) is 0 Å². The van der Waals surface area contributed by atoms with Crippen LogP contribution in [0.4, 0.5) is 4.79 Å². The van der Waals surface area contributed by atoms with E-state index in [9.17, 15) is 9.59 Å². The third-order valence-electron chi connectivity index (χ3n) is 1.17. The molecule has 0 saturated heterocycles. The maximum atomic E-state index is 11.0. The van der Waals surface area contributed by atoms with Gasteiger partial charge in [0.05, 0.1) is 0 Å². The van der Waals surface area contributed by atoms with E-state index in [0.717, 1.165) is 0 Å². The molecule has 0 aromatic rings. The van der Waals surface area contributed by atoms with Gasteiger partial charge in [-0.2, -0.15) is 0 Å². The summed E-state index contributed by atoms with van der Waals surface area (Å²) in [6, 6.07) is -1.25. The topological polar surface area (TPSA) is 146 Å². The molecule has 0 aromatic heterocycles. The van der Waals surface area contributed by atoms with Crippen molar-refractivity contribution in [2.24, 2.45) is 10.7 Å². The standard InChI is InChI=1S/C4H7AsN4O5/c6-3(11)7-1-2(10)9-4(8-1)14-5(12)13/h1,12-13H,(H3,6,7,11)(H,8,9,10). The fourth-order valence-electron chi connectivity index (χ4n) is 0.738. The molecular formula is C4H7AsN4O5. The molecule has 0 radical (unpaired) electrons. The van der Waals surface area contributed by atoms with Crippen LogP contribution >= 0.6 is 0 Å². The van der Waals surface area contributed by atoms with Gasteiger partial charge in [0.25, 0.3) is 0 Å². The van der Waals surface area contributed by atoms with Gasteiger partial charge < -0.3 is 0 Å². The molecule has 3 amide bonds. The summed E-state index contributed by atoms with van der Waals surface area (Å²) >= 11 is -3.36. The minimum absolute atomic E-state index is 0.334. The Hall–Kier alpha value is -1.31. The van der Waals surface area contributed by atoms with Crippen molar-refractivity contribution in [3.8, 4) is 0 Å². The molecule has 1 atom stereocenters. The molecule has 1 unspecified atom stereocenters. The number of aliphatic imine (C=N–C) groups is 1. The van der Waals surface area contributed by atoms with E-state index in [-0.39, 0.29) is 6.02 Å². The fraction of sp³-hybridized carbons (Fsp3) is 0.250. The number of primary amides is 1. The summed E-state index contributed by atoms with van der Waals surface area (Å²) in [6.45, 7) is 0. The Labute approximate surface area is 83.3 Å². The van der Waals surface area contributed by atoms with E-state index in [1.807, 2.05) is 5.32 Å². The Balaban J connectivity index is 2.57. The van der Waals surface area contributed by atoms with Crippen molar-refractivity contribution in [2.45, 2.75) is 6.17 Å². The first-order chi connectivity index (χ1) is 6.49. The van der Waals surface area contributed by atoms with Crippen molar-refractivity contribution in [3.63, 3.8) is 0 Å². The molecule has 0 fully saturated rings. The summed E-state index contributed by atoms with van der Waals surface area (Å²) in [4.78, 5) is 24.8. The number of nitrogens with one attached hydrogen (secondary N) is 2. The van der Waals surface area contributed by atoms with Gasteiger partial charge in [0, 0.05) is 0 Å². The van der Waals surface area contributed by atoms with Gasteiger partial charge in [-0.3, -0.25) is 0 Å². The monoisotopic (exact) mass is 266 g/mol. The average Bonchev–Trinajstić information content (AvgIpc) is 2.28. The van der Waals surface area contributed by atoms with Crippen LogP contribution in [-0.4, -0.2) is 48.0 Å². The number of rotatable bonds is 2. The summed E-state index contributed by atoms with van der Waals surface area (Å²) in [5, 5.41) is 4.08. The van der Waals surface area contributed by atoms with Crippen molar-refractivity contribution in [3.05, 3.63) is 0 Å². The molecule has 1 aliphatic heterocycles. The second-order valence-electron chi connectivity index (χ2n) is 2.18. The van der Waals surface area contributed by atoms with Gasteiger partial charge in [-0.25, -0.2) is 0 Å². The first-order valence-corrected chi connectivity index (χ1v) is 5.74. The molecule has 14 heavy (non-hydrogen) atoms. The SMILES string of the molecule is NC(=O)NC1N=C(O[As](O)O)NC1=O. The zero-order valence-corrected chi connectivity index (χ0v) is 8.54. The van der Waals surface area contributed by atoms with E-state index in [2.05, 4.69) is 14.0 Å². The maximum absolute atomic E-state index is 11.0. The molecule has 0 aromatic carbocycles. The van der Waals surface area contributed by atoms with E-state index in [0.29, 0.717) is 0 Å². The Morgan fingerprint density at radius 2 is 2.36 bits per heavy atom. The summed E-state index contributed by atoms with van der Waals surface area (Å²) in [6.07, 6.45) is -1.18. The predicted octanol–water partition coefficient (Wildman–Crippen LogP) is -3.55. The average molecular weight is 266 g/mol. The molecule has 1 aliphatic rings. The van der Waals surface area contributed by atoms with Crippen LogP contribution in [0.2, 0.25) is 0 Å². The second kappa shape index (κ2) is 4.27. The molecule has 0 spiro atoms. The van der Waals surface area contributed by atoms with E-state index in [4.69, 9.17) is 13.9 Å². The van der Waals surface area contributed by atoms with Gasteiger partial charge in [0.2, 0.25) is 0 Å². The van der Waals surface area contributed by atoms with Gasteiger partial charge >= 0.3 is 82.7 Å². The van der Waals surface area contributed by atoms with Crippen LogP contribution in [0, 0.1) is 0 Å². The van der Waals surface area contributed by atoms with E-state index in [1.54, 1.807) is 0 Å². The van der Waals surface area contributed by atoms with Gasteiger partial charge in [-0.05, 0) is 0 Å². The van der Waals surface area contributed by atoms with Gasteiger partial charge in [-0.1, -0.05) is 0 Å². The van der Waals surface area contributed by atoms with Crippen LogP contribution in [0.25, 0.3) is 0 Å². The number of carbonyl (C=O) groups is 2. The normalized spacial score (nSPS) is 20.4. The number of hydrogen-bond donors (Lipinski definition) is 5. The third-order valence-corrected chi connectivity index (χ3v) is 1.88. The summed E-state index contributed by atoms with van der Waals surface area (Å²) in [5.74, 6) is -0.658. The number of nitrogens with two attached hydrogens (primary N) is 1. The summed E-state index contributed by atoms with van der Waals surface area (Å²) in [5.41, 5.74) is 4.75. The molecule has 0 bridgehead atoms. The molecular weight excluding hydrogens is 259 g/mol. The van der Waals surface area contributed by atoms with Crippen LogP contribution in [-0.2, 0) is 8.52 Å². The first kappa shape index (κ1) is 10.8. The minimum atomic E-state index is -3.36. The van der Waals surface area contributed by atoms with E-state index < -0.39 is 33.8 Å². The van der Waals surface area contributed by atoms with Crippen LogP contribution in [0.15, 0.2) is 4.99 Å². The van der Waals surface area contributed by atoms with Crippen LogP contribution < -0.4 is 16.4 Å². The number of amides is 3. The first-order valence-electron chi connectivity index (χ1n) is 3.29. The zero-order chi connectivity index (χ0) is 10.7.